The summed E-state index contributed by atoms with van der Waals surface area (Å²) in [6.07, 6.45) is 0.865. The van der Waals surface area contributed by atoms with Crippen molar-refractivity contribution in [3.8, 4) is 0 Å². The predicted molar refractivity (Wildman–Crippen MR) is 73.0 cm³/mol. The first-order valence-electron chi connectivity index (χ1n) is 6.90. The van der Waals surface area contributed by atoms with Crippen molar-refractivity contribution in [2.75, 3.05) is 65.6 Å². The van der Waals surface area contributed by atoms with Crippen LogP contribution in [0.3, 0.4) is 0 Å². The van der Waals surface area contributed by atoms with E-state index in [2.05, 4.69) is 4.90 Å². The summed E-state index contributed by atoms with van der Waals surface area (Å²) in [5, 5.41) is 0. The highest BCUT2D eigenvalue weighted by Gasteiger charge is 2.31. The van der Waals surface area contributed by atoms with Crippen molar-refractivity contribution < 1.29 is 13.2 Å². The normalized spacial score (nSPS) is 25.3. The van der Waals surface area contributed by atoms with Gasteiger partial charge in [0.1, 0.15) is 0 Å². The van der Waals surface area contributed by atoms with Crippen molar-refractivity contribution in [3.05, 3.63) is 0 Å². The summed E-state index contributed by atoms with van der Waals surface area (Å²) in [5.74, 6) is 0. The number of ether oxygens (including phenoxy) is 1. The Kier molecular flexibility index (Phi) is 5.55. The molecular weight excluding hydrogens is 268 g/mol. The lowest BCUT2D eigenvalue weighted by Gasteiger charge is -2.31. The molecule has 0 aromatic carbocycles. The Balaban J connectivity index is 1.96. The fourth-order valence-corrected chi connectivity index (χ4v) is 4.13. The highest BCUT2D eigenvalue weighted by Crippen LogP contribution is 2.14. The molecular formula is C11H24N4O3S. The summed E-state index contributed by atoms with van der Waals surface area (Å²) in [4.78, 5) is 2.23. The first-order chi connectivity index (χ1) is 9.14. The van der Waals surface area contributed by atoms with E-state index < -0.39 is 10.2 Å². The molecule has 19 heavy (non-hydrogen) atoms. The molecule has 2 N–H and O–H groups in total. The van der Waals surface area contributed by atoms with Gasteiger partial charge in [0.15, 0.2) is 0 Å². The minimum Gasteiger partial charge on any atom is -0.379 e. The lowest BCUT2D eigenvalue weighted by atomic mass is 10.4. The molecule has 0 atom stereocenters. The van der Waals surface area contributed by atoms with Crippen molar-refractivity contribution in [1.29, 1.82) is 0 Å². The van der Waals surface area contributed by atoms with Gasteiger partial charge in [-0.1, -0.05) is 0 Å². The molecule has 8 heteroatoms. The molecule has 2 fully saturated rings. The molecule has 0 aromatic rings. The highest BCUT2D eigenvalue weighted by atomic mass is 32.2. The van der Waals surface area contributed by atoms with E-state index in [1.54, 1.807) is 4.31 Å². The average molecular weight is 292 g/mol. The van der Waals surface area contributed by atoms with Gasteiger partial charge in [0.2, 0.25) is 0 Å². The third-order valence-electron chi connectivity index (χ3n) is 3.62. The van der Waals surface area contributed by atoms with Crippen LogP contribution in [-0.4, -0.2) is 87.5 Å². The van der Waals surface area contributed by atoms with Gasteiger partial charge in [-0.2, -0.15) is 17.0 Å². The monoisotopic (exact) mass is 292 g/mol. The SMILES string of the molecule is NCCN1CCCN(S(=O)(=O)N2CCOCC2)CC1. The summed E-state index contributed by atoms with van der Waals surface area (Å²) in [6.45, 7) is 6.21. The molecule has 7 nitrogen and oxygen atoms in total. The largest absolute Gasteiger partial charge is 0.379 e. The van der Waals surface area contributed by atoms with Gasteiger partial charge >= 0.3 is 0 Å². The third-order valence-corrected chi connectivity index (χ3v) is 5.65. The Morgan fingerprint density at radius 2 is 1.63 bits per heavy atom. The van der Waals surface area contributed by atoms with Gasteiger partial charge in [-0.3, -0.25) is 0 Å². The topological polar surface area (TPSA) is 79.1 Å². The Morgan fingerprint density at radius 3 is 2.32 bits per heavy atom. The number of nitrogens with two attached hydrogens (primary N) is 1. The number of hydrogen-bond acceptors (Lipinski definition) is 5. The van der Waals surface area contributed by atoms with Crippen LogP contribution in [0, 0.1) is 0 Å². The second-order valence-electron chi connectivity index (χ2n) is 4.90. The van der Waals surface area contributed by atoms with Crippen molar-refractivity contribution in [3.63, 3.8) is 0 Å². The molecule has 0 aliphatic carbocycles. The number of nitrogens with zero attached hydrogens (tertiary/aromatic N) is 3. The van der Waals surface area contributed by atoms with Gasteiger partial charge in [-0.05, 0) is 13.0 Å². The minimum atomic E-state index is -3.32. The van der Waals surface area contributed by atoms with Crippen LogP contribution < -0.4 is 5.73 Å². The van der Waals surface area contributed by atoms with E-state index in [0.717, 1.165) is 26.1 Å². The van der Waals surface area contributed by atoms with Crippen LogP contribution in [0.25, 0.3) is 0 Å². The van der Waals surface area contributed by atoms with E-state index >= 15 is 0 Å². The number of hydrogen-bond donors (Lipinski definition) is 1. The van der Waals surface area contributed by atoms with E-state index in [9.17, 15) is 8.42 Å². The van der Waals surface area contributed by atoms with E-state index in [-0.39, 0.29) is 0 Å². The molecule has 2 heterocycles. The van der Waals surface area contributed by atoms with E-state index in [0.29, 0.717) is 45.9 Å². The first-order valence-corrected chi connectivity index (χ1v) is 8.29. The van der Waals surface area contributed by atoms with Crippen LogP contribution in [0.4, 0.5) is 0 Å². The molecule has 0 bridgehead atoms. The summed E-state index contributed by atoms with van der Waals surface area (Å²) in [6, 6.07) is 0. The van der Waals surface area contributed by atoms with Gasteiger partial charge in [0.25, 0.3) is 10.2 Å². The third kappa shape index (κ3) is 3.87. The second-order valence-corrected chi connectivity index (χ2v) is 6.83. The van der Waals surface area contributed by atoms with Gasteiger partial charge in [-0.25, -0.2) is 0 Å². The zero-order valence-electron chi connectivity index (χ0n) is 11.3. The maximum atomic E-state index is 12.5. The van der Waals surface area contributed by atoms with Gasteiger partial charge in [-0.15, -0.1) is 0 Å². The van der Waals surface area contributed by atoms with Crippen LogP contribution in [-0.2, 0) is 14.9 Å². The summed E-state index contributed by atoms with van der Waals surface area (Å²) in [5.41, 5.74) is 5.55. The van der Waals surface area contributed by atoms with Crippen LogP contribution in [0.2, 0.25) is 0 Å². The van der Waals surface area contributed by atoms with Gasteiger partial charge in [0.05, 0.1) is 13.2 Å². The number of rotatable bonds is 4. The van der Waals surface area contributed by atoms with Crippen LogP contribution in [0.1, 0.15) is 6.42 Å². The lowest BCUT2D eigenvalue weighted by Crippen LogP contribution is -2.49. The molecule has 2 rings (SSSR count). The number of morpholine rings is 1. The van der Waals surface area contributed by atoms with Crippen molar-refractivity contribution >= 4 is 10.2 Å². The highest BCUT2D eigenvalue weighted by molar-refractivity contribution is 7.86. The summed E-state index contributed by atoms with van der Waals surface area (Å²) >= 11 is 0. The molecule has 0 radical (unpaired) electrons. The molecule has 0 saturated carbocycles. The zero-order valence-corrected chi connectivity index (χ0v) is 12.1. The quantitative estimate of drug-likeness (QED) is 0.684. The molecule has 2 saturated heterocycles. The van der Waals surface area contributed by atoms with Crippen LogP contribution >= 0.6 is 0 Å². The zero-order chi connectivity index (χ0) is 13.7. The van der Waals surface area contributed by atoms with E-state index in [1.807, 2.05) is 0 Å². The van der Waals surface area contributed by atoms with E-state index in [4.69, 9.17) is 10.5 Å². The maximum absolute atomic E-state index is 12.5. The smallest absolute Gasteiger partial charge is 0.282 e. The fraction of sp³-hybridized carbons (Fsp3) is 1.00. The molecule has 2 aliphatic heterocycles. The van der Waals surface area contributed by atoms with Crippen LogP contribution in [0.5, 0.6) is 0 Å². The molecule has 0 spiro atoms. The first kappa shape index (κ1) is 15.1. The van der Waals surface area contributed by atoms with Crippen molar-refractivity contribution in [2.45, 2.75) is 6.42 Å². The second kappa shape index (κ2) is 6.96. The molecule has 2 aliphatic rings. The molecule has 112 valence electrons. The predicted octanol–water partition coefficient (Wildman–Crippen LogP) is -1.47. The Bertz CT molecular complexity index is 370. The average Bonchev–Trinajstić information content (AvgIpc) is 2.66. The molecule has 0 unspecified atom stereocenters. The van der Waals surface area contributed by atoms with Gasteiger partial charge in [0, 0.05) is 45.8 Å². The molecule has 0 amide bonds. The van der Waals surface area contributed by atoms with E-state index in [1.165, 1.54) is 4.31 Å². The lowest BCUT2D eigenvalue weighted by molar-refractivity contribution is 0.0702. The van der Waals surface area contributed by atoms with Crippen molar-refractivity contribution in [1.82, 2.24) is 13.5 Å². The minimum absolute atomic E-state index is 0.464. The maximum Gasteiger partial charge on any atom is 0.282 e. The molecule has 0 aromatic heterocycles. The Morgan fingerprint density at radius 1 is 0.947 bits per heavy atom. The summed E-state index contributed by atoms with van der Waals surface area (Å²) in [7, 11) is -3.32. The fourth-order valence-electron chi connectivity index (χ4n) is 2.52. The van der Waals surface area contributed by atoms with Crippen LogP contribution in [0.15, 0.2) is 0 Å². The standard InChI is InChI=1S/C11H24N4O3S/c12-2-5-13-3-1-4-14(7-6-13)19(16,17)15-8-10-18-11-9-15/h1-12H2. The van der Waals surface area contributed by atoms with Crippen molar-refractivity contribution in [2.24, 2.45) is 5.73 Å². The Hall–Kier alpha value is -0.250. The summed E-state index contributed by atoms with van der Waals surface area (Å²) < 4.78 is 33.4. The van der Waals surface area contributed by atoms with Gasteiger partial charge < -0.3 is 15.4 Å². The Labute approximate surface area is 115 Å².